The number of aromatic nitrogens is 1. The highest BCUT2D eigenvalue weighted by molar-refractivity contribution is 5.89. The lowest BCUT2D eigenvalue weighted by molar-refractivity contribution is -0.690. The molecule has 21 heavy (non-hydrogen) atoms. The molecule has 0 aliphatic heterocycles. The fourth-order valence-electron chi connectivity index (χ4n) is 2.23. The van der Waals surface area contributed by atoms with E-state index in [0.717, 1.165) is 11.4 Å². The molecule has 2 rings (SSSR count). The maximum atomic E-state index is 12.1. The van der Waals surface area contributed by atoms with Crippen molar-refractivity contribution in [3.05, 3.63) is 59.4 Å². The van der Waals surface area contributed by atoms with Gasteiger partial charge in [0.05, 0.1) is 0 Å². The highest BCUT2D eigenvalue weighted by Gasteiger charge is 2.13. The molecular formula is C18H23N2O+. The standard InChI is InChI=1S/C18H22N2O/c1-13(2)16-7-9-17(10-8-16)19-18(21)12-20-11-5-6-14(3)15(20)4/h5-11,13H,12H2,1-4H3/p+1. The lowest BCUT2D eigenvalue weighted by atomic mass is 10.0. The molecule has 0 aliphatic rings. The average Bonchev–Trinajstić information content (AvgIpc) is 2.44. The molecule has 0 spiro atoms. The van der Waals surface area contributed by atoms with Crippen molar-refractivity contribution < 1.29 is 9.36 Å². The number of aryl methyl sites for hydroxylation is 1. The summed E-state index contributed by atoms with van der Waals surface area (Å²) in [6.45, 7) is 8.73. The van der Waals surface area contributed by atoms with E-state index in [4.69, 9.17) is 0 Å². The molecule has 0 atom stereocenters. The number of hydrogen-bond acceptors (Lipinski definition) is 1. The minimum Gasteiger partial charge on any atom is -0.321 e. The predicted molar refractivity (Wildman–Crippen MR) is 85.3 cm³/mol. The zero-order valence-corrected chi connectivity index (χ0v) is 13.2. The normalized spacial score (nSPS) is 10.7. The van der Waals surface area contributed by atoms with Gasteiger partial charge in [-0.1, -0.05) is 26.0 Å². The van der Waals surface area contributed by atoms with Crippen LogP contribution < -0.4 is 9.88 Å². The Hall–Kier alpha value is -2.16. The predicted octanol–water partition coefficient (Wildman–Crippen LogP) is 3.35. The van der Waals surface area contributed by atoms with Gasteiger partial charge in [0.25, 0.3) is 5.91 Å². The van der Waals surface area contributed by atoms with Crippen molar-refractivity contribution in [3.8, 4) is 0 Å². The molecule has 1 amide bonds. The molecule has 0 fully saturated rings. The topological polar surface area (TPSA) is 33.0 Å². The van der Waals surface area contributed by atoms with Crippen molar-refractivity contribution in [3.63, 3.8) is 0 Å². The summed E-state index contributed by atoms with van der Waals surface area (Å²) in [5.74, 6) is 0.492. The first-order valence-corrected chi connectivity index (χ1v) is 7.33. The SMILES string of the molecule is Cc1ccc[n+](CC(=O)Nc2ccc(C(C)C)cc2)c1C. The van der Waals surface area contributed by atoms with Crippen LogP contribution in [0, 0.1) is 13.8 Å². The van der Waals surface area contributed by atoms with Crippen LogP contribution in [-0.4, -0.2) is 5.91 Å². The minimum absolute atomic E-state index is 0.00834. The van der Waals surface area contributed by atoms with Crippen molar-refractivity contribution in [2.24, 2.45) is 0 Å². The molecule has 3 heteroatoms. The summed E-state index contributed by atoms with van der Waals surface area (Å²) >= 11 is 0. The van der Waals surface area contributed by atoms with E-state index in [1.807, 2.05) is 48.9 Å². The molecule has 1 N–H and O–H groups in total. The number of rotatable bonds is 4. The maximum Gasteiger partial charge on any atom is 0.290 e. The van der Waals surface area contributed by atoms with E-state index < -0.39 is 0 Å². The number of anilines is 1. The first kappa shape index (κ1) is 15.2. The number of nitrogens with zero attached hydrogens (tertiary/aromatic N) is 1. The molecule has 0 radical (unpaired) electrons. The van der Waals surface area contributed by atoms with Crippen molar-refractivity contribution in [2.75, 3.05) is 5.32 Å². The Balaban J connectivity index is 2.03. The number of nitrogens with one attached hydrogen (secondary N) is 1. The number of pyridine rings is 1. The largest absolute Gasteiger partial charge is 0.321 e. The lowest BCUT2D eigenvalue weighted by Crippen LogP contribution is -2.43. The van der Waals surface area contributed by atoms with Crippen LogP contribution in [0.5, 0.6) is 0 Å². The summed E-state index contributed by atoms with van der Waals surface area (Å²) in [4.78, 5) is 12.1. The summed E-state index contributed by atoms with van der Waals surface area (Å²) in [6.07, 6.45) is 1.93. The fraction of sp³-hybridized carbons (Fsp3) is 0.333. The molecule has 1 aromatic heterocycles. The summed E-state index contributed by atoms with van der Waals surface area (Å²) < 4.78 is 1.97. The summed E-state index contributed by atoms with van der Waals surface area (Å²) in [7, 11) is 0. The fourth-order valence-corrected chi connectivity index (χ4v) is 2.23. The third-order valence-electron chi connectivity index (χ3n) is 3.79. The summed E-state index contributed by atoms with van der Waals surface area (Å²) in [6, 6.07) is 12.1. The molecule has 1 aromatic carbocycles. The van der Waals surface area contributed by atoms with Gasteiger partial charge in [-0.15, -0.1) is 0 Å². The van der Waals surface area contributed by atoms with Gasteiger partial charge >= 0.3 is 0 Å². The Morgan fingerprint density at radius 3 is 2.43 bits per heavy atom. The van der Waals surface area contributed by atoms with Crippen molar-refractivity contribution in [1.29, 1.82) is 0 Å². The van der Waals surface area contributed by atoms with Gasteiger partial charge in [-0.05, 0) is 36.6 Å². The third kappa shape index (κ3) is 3.91. The van der Waals surface area contributed by atoms with Crippen molar-refractivity contribution in [1.82, 2.24) is 0 Å². The second-order valence-corrected chi connectivity index (χ2v) is 5.73. The van der Waals surface area contributed by atoms with Crippen LogP contribution in [0.2, 0.25) is 0 Å². The Morgan fingerprint density at radius 2 is 1.81 bits per heavy atom. The van der Waals surface area contributed by atoms with E-state index in [1.54, 1.807) is 0 Å². The zero-order valence-electron chi connectivity index (χ0n) is 13.2. The van der Waals surface area contributed by atoms with Gasteiger partial charge in [0, 0.05) is 24.2 Å². The summed E-state index contributed by atoms with van der Waals surface area (Å²) in [5.41, 5.74) is 4.42. The quantitative estimate of drug-likeness (QED) is 0.858. The molecule has 0 unspecified atom stereocenters. The van der Waals surface area contributed by atoms with E-state index in [1.165, 1.54) is 11.1 Å². The lowest BCUT2D eigenvalue weighted by Gasteiger charge is -2.08. The van der Waals surface area contributed by atoms with Gasteiger partial charge in [-0.3, -0.25) is 4.79 Å². The molecule has 110 valence electrons. The highest BCUT2D eigenvalue weighted by Crippen LogP contribution is 2.17. The number of hydrogen-bond donors (Lipinski definition) is 1. The van der Waals surface area contributed by atoms with Crippen LogP contribution in [0.25, 0.3) is 0 Å². The minimum atomic E-state index is -0.00834. The second kappa shape index (κ2) is 6.53. The van der Waals surface area contributed by atoms with E-state index in [2.05, 4.69) is 31.3 Å². The van der Waals surface area contributed by atoms with Crippen molar-refractivity contribution >= 4 is 11.6 Å². The smallest absolute Gasteiger partial charge is 0.290 e. The Labute approximate surface area is 126 Å². The molecule has 0 bridgehead atoms. The number of amides is 1. The van der Waals surface area contributed by atoms with E-state index in [-0.39, 0.29) is 5.91 Å². The molecule has 0 saturated heterocycles. The van der Waals surface area contributed by atoms with E-state index in [0.29, 0.717) is 12.5 Å². The summed E-state index contributed by atoms with van der Waals surface area (Å²) in [5, 5.41) is 2.94. The number of carbonyl (C=O) groups is 1. The second-order valence-electron chi connectivity index (χ2n) is 5.73. The van der Waals surface area contributed by atoms with Crippen LogP contribution in [0.1, 0.15) is 36.6 Å². The molecular weight excluding hydrogens is 260 g/mol. The Morgan fingerprint density at radius 1 is 1.14 bits per heavy atom. The van der Waals surface area contributed by atoms with Gasteiger partial charge < -0.3 is 5.32 Å². The van der Waals surface area contributed by atoms with Crippen LogP contribution in [-0.2, 0) is 11.3 Å². The van der Waals surface area contributed by atoms with Crippen LogP contribution in [0.4, 0.5) is 5.69 Å². The van der Waals surface area contributed by atoms with Crippen LogP contribution in [0.3, 0.4) is 0 Å². The molecule has 1 heterocycles. The van der Waals surface area contributed by atoms with Gasteiger partial charge in [0.2, 0.25) is 6.54 Å². The first-order valence-electron chi connectivity index (χ1n) is 7.33. The zero-order chi connectivity index (χ0) is 15.4. The van der Waals surface area contributed by atoms with Gasteiger partial charge in [-0.2, -0.15) is 4.57 Å². The third-order valence-corrected chi connectivity index (χ3v) is 3.79. The monoisotopic (exact) mass is 283 g/mol. The van der Waals surface area contributed by atoms with Gasteiger partial charge in [0.1, 0.15) is 0 Å². The average molecular weight is 283 g/mol. The Bertz CT molecular complexity index is 630. The van der Waals surface area contributed by atoms with E-state index in [9.17, 15) is 4.79 Å². The Kier molecular flexibility index (Phi) is 4.73. The van der Waals surface area contributed by atoms with Gasteiger partial charge in [0.15, 0.2) is 11.9 Å². The van der Waals surface area contributed by atoms with Crippen LogP contribution in [0.15, 0.2) is 42.6 Å². The molecule has 0 aliphatic carbocycles. The number of benzene rings is 1. The molecule has 3 nitrogen and oxygen atoms in total. The highest BCUT2D eigenvalue weighted by atomic mass is 16.1. The first-order chi connectivity index (χ1) is 9.97. The molecule has 2 aromatic rings. The van der Waals surface area contributed by atoms with E-state index >= 15 is 0 Å². The molecule has 0 saturated carbocycles. The van der Waals surface area contributed by atoms with Crippen LogP contribution >= 0.6 is 0 Å². The van der Waals surface area contributed by atoms with Gasteiger partial charge in [-0.25, -0.2) is 0 Å². The maximum absolute atomic E-state index is 12.1. The number of carbonyl (C=O) groups excluding carboxylic acids is 1. The van der Waals surface area contributed by atoms with Crippen molar-refractivity contribution in [2.45, 2.75) is 40.2 Å².